The summed E-state index contributed by atoms with van der Waals surface area (Å²) in [6, 6.07) is 7.39. The molecule has 2 aromatic rings. The highest BCUT2D eigenvalue weighted by Crippen LogP contribution is 2.26. The van der Waals surface area contributed by atoms with E-state index in [2.05, 4.69) is 20.6 Å². The lowest BCUT2D eigenvalue weighted by Crippen LogP contribution is -2.09. The summed E-state index contributed by atoms with van der Waals surface area (Å²) in [5, 5.41) is 6.42. The molecule has 0 aliphatic carbocycles. The molecule has 0 fully saturated rings. The Bertz CT molecular complexity index is 765. The van der Waals surface area contributed by atoms with Crippen LogP contribution in [-0.4, -0.2) is 31.7 Å². The third kappa shape index (κ3) is 4.32. The second kappa shape index (κ2) is 6.93. The van der Waals surface area contributed by atoms with Gasteiger partial charge in [0, 0.05) is 19.8 Å². The van der Waals surface area contributed by atoms with Crippen LogP contribution in [0.5, 0.6) is 0 Å². The summed E-state index contributed by atoms with van der Waals surface area (Å²) in [4.78, 5) is 8.05. The van der Waals surface area contributed by atoms with Crippen molar-refractivity contribution in [3.63, 3.8) is 0 Å². The standard InChI is InChI=1S/C14H17ClN4O2S/c1-16-12-13(15)18-9-19-14(12)17-7-10-5-3-4-6-11(10)8-22(2,20)21/h3-6,9,16H,7-8H2,1-2H3,(H,17,18,19). The van der Waals surface area contributed by atoms with Gasteiger partial charge in [-0.1, -0.05) is 35.9 Å². The van der Waals surface area contributed by atoms with Gasteiger partial charge < -0.3 is 10.6 Å². The van der Waals surface area contributed by atoms with Crippen molar-refractivity contribution in [2.24, 2.45) is 0 Å². The number of halogens is 1. The molecule has 2 N–H and O–H groups in total. The molecule has 8 heteroatoms. The van der Waals surface area contributed by atoms with Crippen molar-refractivity contribution in [3.8, 4) is 0 Å². The molecular weight excluding hydrogens is 324 g/mol. The highest BCUT2D eigenvalue weighted by molar-refractivity contribution is 7.89. The van der Waals surface area contributed by atoms with Gasteiger partial charge in [-0.3, -0.25) is 0 Å². The summed E-state index contributed by atoms with van der Waals surface area (Å²) in [5.41, 5.74) is 2.26. The molecule has 0 unspecified atom stereocenters. The van der Waals surface area contributed by atoms with E-state index in [0.29, 0.717) is 23.2 Å². The lowest BCUT2D eigenvalue weighted by atomic mass is 10.1. The molecule has 22 heavy (non-hydrogen) atoms. The lowest BCUT2D eigenvalue weighted by molar-refractivity contribution is 0.601. The maximum absolute atomic E-state index is 11.5. The Kier molecular flexibility index (Phi) is 5.20. The van der Waals surface area contributed by atoms with Crippen molar-refractivity contribution >= 4 is 32.9 Å². The van der Waals surface area contributed by atoms with Crippen molar-refractivity contribution in [2.75, 3.05) is 23.9 Å². The number of hydrogen-bond acceptors (Lipinski definition) is 6. The van der Waals surface area contributed by atoms with Gasteiger partial charge in [-0.25, -0.2) is 18.4 Å². The van der Waals surface area contributed by atoms with Gasteiger partial charge in [-0.05, 0) is 11.1 Å². The number of aromatic nitrogens is 2. The Balaban J connectivity index is 2.21. The van der Waals surface area contributed by atoms with Gasteiger partial charge in [0.05, 0.1) is 5.75 Å². The summed E-state index contributed by atoms with van der Waals surface area (Å²) in [6.07, 6.45) is 2.59. The van der Waals surface area contributed by atoms with Crippen LogP contribution in [0.1, 0.15) is 11.1 Å². The SMILES string of the molecule is CNc1c(Cl)ncnc1NCc1ccccc1CS(C)(=O)=O. The molecular formula is C14H17ClN4O2S. The van der Waals surface area contributed by atoms with Crippen LogP contribution in [0.25, 0.3) is 0 Å². The fourth-order valence-corrected chi connectivity index (χ4v) is 3.13. The van der Waals surface area contributed by atoms with Crippen LogP contribution < -0.4 is 10.6 Å². The maximum atomic E-state index is 11.5. The Hall–Kier alpha value is -1.86. The third-order valence-corrected chi connectivity index (χ3v) is 4.16. The predicted octanol–water partition coefficient (Wildman–Crippen LogP) is 2.33. The van der Waals surface area contributed by atoms with E-state index < -0.39 is 9.84 Å². The summed E-state index contributed by atoms with van der Waals surface area (Å²) in [5.74, 6) is 0.575. The average Bonchev–Trinajstić information content (AvgIpc) is 2.45. The zero-order valence-electron chi connectivity index (χ0n) is 12.3. The minimum Gasteiger partial charge on any atom is -0.383 e. The van der Waals surface area contributed by atoms with E-state index in [0.717, 1.165) is 11.1 Å². The van der Waals surface area contributed by atoms with Crippen LogP contribution in [0.4, 0.5) is 11.5 Å². The second-order valence-electron chi connectivity index (χ2n) is 4.83. The molecule has 6 nitrogen and oxygen atoms in total. The number of sulfone groups is 1. The Morgan fingerprint density at radius 2 is 1.86 bits per heavy atom. The molecule has 0 spiro atoms. The highest BCUT2D eigenvalue weighted by atomic mass is 35.5. The minimum absolute atomic E-state index is 0.00820. The first-order valence-electron chi connectivity index (χ1n) is 6.57. The minimum atomic E-state index is -3.09. The molecule has 2 rings (SSSR count). The summed E-state index contributed by atoms with van der Waals surface area (Å²) < 4.78 is 23.0. The normalized spacial score (nSPS) is 11.2. The van der Waals surface area contributed by atoms with Gasteiger partial charge in [0.2, 0.25) is 0 Å². The molecule has 0 atom stereocenters. The van der Waals surface area contributed by atoms with Crippen LogP contribution >= 0.6 is 11.6 Å². The van der Waals surface area contributed by atoms with E-state index in [9.17, 15) is 8.42 Å². The van der Waals surface area contributed by atoms with E-state index in [1.165, 1.54) is 12.6 Å². The van der Waals surface area contributed by atoms with Gasteiger partial charge >= 0.3 is 0 Å². The molecule has 0 saturated carbocycles. The average molecular weight is 341 g/mol. The van der Waals surface area contributed by atoms with Gasteiger partial charge in [0.1, 0.15) is 12.0 Å². The third-order valence-electron chi connectivity index (χ3n) is 3.03. The van der Waals surface area contributed by atoms with Crippen molar-refractivity contribution in [1.29, 1.82) is 0 Å². The van der Waals surface area contributed by atoms with Crippen molar-refractivity contribution in [3.05, 3.63) is 46.9 Å². The maximum Gasteiger partial charge on any atom is 0.157 e. The van der Waals surface area contributed by atoms with Crippen molar-refractivity contribution in [2.45, 2.75) is 12.3 Å². The van der Waals surface area contributed by atoms with Crippen molar-refractivity contribution < 1.29 is 8.42 Å². The van der Waals surface area contributed by atoms with Crippen LogP contribution in [0.2, 0.25) is 5.15 Å². The first-order chi connectivity index (χ1) is 10.4. The largest absolute Gasteiger partial charge is 0.383 e. The zero-order valence-corrected chi connectivity index (χ0v) is 13.9. The fraction of sp³-hybridized carbons (Fsp3) is 0.286. The highest BCUT2D eigenvalue weighted by Gasteiger charge is 2.11. The molecule has 1 heterocycles. The van der Waals surface area contributed by atoms with E-state index in [4.69, 9.17) is 11.6 Å². The second-order valence-corrected chi connectivity index (χ2v) is 7.33. The Morgan fingerprint density at radius 3 is 2.50 bits per heavy atom. The Labute approximate surface area is 134 Å². The van der Waals surface area contributed by atoms with E-state index in [1.807, 2.05) is 24.3 Å². The van der Waals surface area contributed by atoms with Gasteiger partial charge in [-0.15, -0.1) is 0 Å². The lowest BCUT2D eigenvalue weighted by Gasteiger charge is -2.13. The number of benzene rings is 1. The van der Waals surface area contributed by atoms with Crippen LogP contribution in [0.3, 0.4) is 0 Å². The molecule has 0 bridgehead atoms. The van der Waals surface area contributed by atoms with Gasteiger partial charge in [-0.2, -0.15) is 0 Å². The molecule has 0 aliphatic rings. The van der Waals surface area contributed by atoms with Crippen LogP contribution in [0, 0.1) is 0 Å². The van der Waals surface area contributed by atoms with Crippen molar-refractivity contribution in [1.82, 2.24) is 9.97 Å². The number of nitrogens with one attached hydrogen (secondary N) is 2. The number of hydrogen-bond donors (Lipinski definition) is 2. The topological polar surface area (TPSA) is 84.0 Å². The van der Waals surface area contributed by atoms with Gasteiger partial charge in [0.15, 0.2) is 20.8 Å². The van der Waals surface area contributed by atoms with Gasteiger partial charge in [0.25, 0.3) is 0 Å². The fourth-order valence-electron chi connectivity index (χ4n) is 2.05. The smallest absolute Gasteiger partial charge is 0.157 e. The van der Waals surface area contributed by atoms with E-state index >= 15 is 0 Å². The zero-order chi connectivity index (χ0) is 16.2. The molecule has 0 amide bonds. The van der Waals surface area contributed by atoms with Crippen LogP contribution in [0.15, 0.2) is 30.6 Å². The molecule has 1 aromatic heterocycles. The summed E-state index contributed by atoms with van der Waals surface area (Å²) >= 11 is 6.00. The van der Waals surface area contributed by atoms with E-state index in [-0.39, 0.29) is 5.75 Å². The molecule has 0 radical (unpaired) electrons. The summed E-state index contributed by atoms with van der Waals surface area (Å²) in [7, 11) is -1.36. The first-order valence-corrected chi connectivity index (χ1v) is 9.01. The van der Waals surface area contributed by atoms with E-state index in [1.54, 1.807) is 7.05 Å². The van der Waals surface area contributed by atoms with Crippen LogP contribution in [-0.2, 0) is 22.1 Å². The number of nitrogens with zero attached hydrogens (tertiary/aromatic N) is 2. The molecule has 0 saturated heterocycles. The number of rotatable bonds is 6. The molecule has 118 valence electrons. The quantitative estimate of drug-likeness (QED) is 0.785. The predicted molar refractivity (Wildman–Crippen MR) is 88.9 cm³/mol. The number of anilines is 2. The molecule has 1 aromatic carbocycles. The monoisotopic (exact) mass is 340 g/mol. The Morgan fingerprint density at radius 1 is 1.18 bits per heavy atom. The summed E-state index contributed by atoms with van der Waals surface area (Å²) in [6.45, 7) is 0.438. The first kappa shape index (κ1) is 16.5. The molecule has 0 aliphatic heterocycles.